The third-order valence-corrected chi connectivity index (χ3v) is 4.19. The molecule has 0 saturated carbocycles. The van der Waals surface area contributed by atoms with Gasteiger partial charge in [0.15, 0.2) is 5.82 Å². The van der Waals surface area contributed by atoms with E-state index < -0.39 is 39.9 Å². The molecule has 2 rings (SSSR count). The summed E-state index contributed by atoms with van der Waals surface area (Å²) in [6, 6.07) is 2.20. The fourth-order valence-corrected chi connectivity index (χ4v) is 3.04. The zero-order valence-corrected chi connectivity index (χ0v) is 11.3. The number of amides is 1. The predicted octanol–water partition coefficient (Wildman–Crippen LogP) is -0.339. The molecule has 5 N–H and O–H groups in total. The monoisotopic (exact) mass is 314 g/mol. The van der Waals surface area contributed by atoms with Crippen molar-refractivity contribution in [2.45, 2.75) is 0 Å². The van der Waals surface area contributed by atoms with Crippen molar-refractivity contribution in [2.75, 3.05) is 10.8 Å². The number of phenolic OH excluding ortho intramolecular Hbond substituents is 1. The maximum absolute atomic E-state index is 14.5. The van der Waals surface area contributed by atoms with Crippen LogP contribution in [0.3, 0.4) is 0 Å². The maximum atomic E-state index is 14.5. The molecule has 0 bridgehead atoms. The van der Waals surface area contributed by atoms with E-state index in [0.29, 0.717) is 4.31 Å². The Morgan fingerprint density at radius 3 is 2.67 bits per heavy atom. The highest BCUT2D eigenvalue weighted by molar-refractivity contribution is 7.92. The Morgan fingerprint density at radius 2 is 2.19 bits per heavy atom. The number of nitrogens with one attached hydrogen (secondary N) is 2. The Kier molecular flexibility index (Phi) is 3.56. The van der Waals surface area contributed by atoms with Crippen LogP contribution in [0.2, 0.25) is 0 Å². The first-order chi connectivity index (χ1) is 9.81. The number of nitrogens with zero attached hydrogens (tertiary/aromatic N) is 1. The largest absolute Gasteiger partial charge is 0.506 e. The number of aromatic hydroxyl groups is 1. The highest BCUT2D eigenvalue weighted by Gasteiger charge is 2.37. The number of phenols is 1. The Hall–Kier alpha value is -2.62. The van der Waals surface area contributed by atoms with Gasteiger partial charge in [0, 0.05) is 23.6 Å². The van der Waals surface area contributed by atoms with Gasteiger partial charge in [0.2, 0.25) is 0 Å². The molecule has 1 aromatic rings. The molecule has 0 spiro atoms. The molecule has 0 radical (unpaired) electrons. The van der Waals surface area contributed by atoms with Gasteiger partial charge in [-0.2, -0.15) is 8.42 Å². The zero-order chi connectivity index (χ0) is 15.8. The number of carbonyl (C=O) groups is 1. The van der Waals surface area contributed by atoms with Gasteiger partial charge in [0.05, 0.1) is 0 Å². The van der Waals surface area contributed by atoms with Gasteiger partial charge < -0.3 is 16.2 Å². The molecule has 0 atom stereocenters. The number of allylic oxidation sites excluding steroid dienone is 1. The van der Waals surface area contributed by atoms with Crippen LogP contribution in [-0.4, -0.2) is 32.2 Å². The normalized spacial score (nSPS) is 17.7. The number of benzene rings is 1. The highest BCUT2D eigenvalue weighted by Crippen LogP contribution is 2.36. The van der Waals surface area contributed by atoms with Gasteiger partial charge >= 0.3 is 10.2 Å². The molecule has 1 saturated heterocycles. The van der Waals surface area contributed by atoms with Gasteiger partial charge in [-0.25, -0.2) is 13.4 Å². The smallest absolute Gasteiger partial charge is 0.326 e. The summed E-state index contributed by atoms with van der Waals surface area (Å²) in [5, 5.41) is 16.9. The average Bonchev–Trinajstić information content (AvgIpc) is 2.67. The quantitative estimate of drug-likeness (QED) is 0.566. The van der Waals surface area contributed by atoms with Crippen molar-refractivity contribution in [1.82, 2.24) is 4.72 Å². The summed E-state index contributed by atoms with van der Waals surface area (Å²) >= 11 is 0. The van der Waals surface area contributed by atoms with Crippen LogP contribution in [0.5, 0.6) is 5.75 Å². The van der Waals surface area contributed by atoms with Gasteiger partial charge in [-0.15, -0.1) is 0 Å². The summed E-state index contributed by atoms with van der Waals surface area (Å²) < 4.78 is 40.0. The molecule has 1 aromatic carbocycles. The highest BCUT2D eigenvalue weighted by atomic mass is 32.2. The summed E-state index contributed by atoms with van der Waals surface area (Å²) in [5.74, 6) is -2.60. The third kappa shape index (κ3) is 2.40. The molecule has 0 unspecified atom stereocenters. The van der Waals surface area contributed by atoms with Crippen LogP contribution in [0.4, 0.5) is 10.1 Å². The second-order valence-electron chi connectivity index (χ2n) is 4.10. The minimum absolute atomic E-state index is 0.00960. The summed E-state index contributed by atoms with van der Waals surface area (Å²) in [7, 11) is -4.26. The molecule has 1 amide bonds. The van der Waals surface area contributed by atoms with Crippen molar-refractivity contribution < 1.29 is 22.7 Å². The van der Waals surface area contributed by atoms with E-state index in [4.69, 9.17) is 11.1 Å². The molecular formula is C11H11FN4O4S. The van der Waals surface area contributed by atoms with E-state index in [-0.39, 0.29) is 11.1 Å². The van der Waals surface area contributed by atoms with Crippen LogP contribution in [0.25, 0.3) is 5.57 Å². The summed E-state index contributed by atoms with van der Waals surface area (Å²) in [6.45, 7) is -0.650. The zero-order valence-electron chi connectivity index (χ0n) is 10.5. The number of hydrogen-bond donors (Lipinski definition) is 4. The van der Waals surface area contributed by atoms with E-state index in [1.807, 2.05) is 0 Å². The van der Waals surface area contributed by atoms with Gasteiger partial charge in [0.25, 0.3) is 5.91 Å². The average molecular weight is 314 g/mol. The third-order valence-electron chi connectivity index (χ3n) is 2.81. The van der Waals surface area contributed by atoms with Crippen molar-refractivity contribution in [3.05, 3.63) is 29.7 Å². The Bertz CT molecular complexity index is 760. The van der Waals surface area contributed by atoms with E-state index in [2.05, 4.69) is 0 Å². The predicted molar refractivity (Wildman–Crippen MR) is 73.4 cm³/mol. The Morgan fingerprint density at radius 1 is 1.52 bits per heavy atom. The van der Waals surface area contributed by atoms with Gasteiger partial charge in [-0.05, 0) is 12.1 Å². The first-order valence-electron chi connectivity index (χ1n) is 5.59. The lowest BCUT2D eigenvalue weighted by atomic mass is 10.1. The number of hydrogen-bond acceptors (Lipinski definition) is 6. The second kappa shape index (κ2) is 5.05. The Balaban J connectivity index is 2.68. The summed E-state index contributed by atoms with van der Waals surface area (Å²) in [4.78, 5) is 11.2. The standard InChI is InChI=1S/C11H11FN4O4S/c12-10-7(6(3-13)4-14)1-2-8(17)11(10)16-5-9(18)15-21(16,19)20/h1-4,13,17H,5,14H2,(H,15,18). The molecular weight excluding hydrogens is 303 g/mol. The van der Waals surface area contributed by atoms with Gasteiger partial charge in [-0.1, -0.05) is 0 Å². The van der Waals surface area contributed by atoms with Crippen LogP contribution in [0.15, 0.2) is 18.3 Å². The van der Waals surface area contributed by atoms with Crippen LogP contribution in [-0.2, 0) is 15.0 Å². The minimum atomic E-state index is -4.26. The number of halogens is 1. The van der Waals surface area contributed by atoms with Crippen molar-refractivity contribution >= 4 is 33.6 Å². The lowest BCUT2D eigenvalue weighted by Crippen LogP contribution is -2.30. The second-order valence-corrected chi connectivity index (χ2v) is 5.69. The van der Waals surface area contributed by atoms with Crippen molar-refractivity contribution in [2.24, 2.45) is 5.73 Å². The fraction of sp³-hybridized carbons (Fsp3) is 0.0909. The SMILES string of the molecule is N=CC(=CN)c1ccc(O)c(N2CC(=O)NS2(=O)=O)c1F. The van der Waals surface area contributed by atoms with Crippen molar-refractivity contribution in [3.63, 3.8) is 0 Å². The molecule has 1 aliphatic heterocycles. The molecule has 8 nitrogen and oxygen atoms in total. The van der Waals surface area contributed by atoms with Crippen LogP contribution < -0.4 is 14.8 Å². The van der Waals surface area contributed by atoms with E-state index in [9.17, 15) is 22.7 Å². The first-order valence-corrected chi connectivity index (χ1v) is 7.03. The van der Waals surface area contributed by atoms with Crippen molar-refractivity contribution in [3.8, 4) is 5.75 Å². The topological polar surface area (TPSA) is 137 Å². The Labute approximate surface area is 119 Å². The molecule has 10 heteroatoms. The summed E-state index contributed by atoms with van der Waals surface area (Å²) in [6.07, 6.45) is 1.75. The summed E-state index contributed by atoms with van der Waals surface area (Å²) in [5.41, 5.74) is 4.41. The van der Waals surface area contributed by atoms with Crippen LogP contribution >= 0.6 is 0 Å². The van der Waals surface area contributed by atoms with E-state index in [0.717, 1.165) is 24.5 Å². The number of anilines is 1. The molecule has 1 fully saturated rings. The molecule has 1 aliphatic rings. The minimum Gasteiger partial charge on any atom is -0.506 e. The van der Waals surface area contributed by atoms with E-state index >= 15 is 0 Å². The van der Waals surface area contributed by atoms with Gasteiger partial charge in [0.1, 0.15) is 18.0 Å². The maximum Gasteiger partial charge on any atom is 0.326 e. The van der Waals surface area contributed by atoms with Crippen LogP contribution in [0, 0.1) is 11.2 Å². The number of carbonyl (C=O) groups excluding carboxylic acids is 1. The molecule has 1 heterocycles. The number of rotatable bonds is 3. The number of nitrogens with two attached hydrogens (primary N) is 1. The molecule has 21 heavy (non-hydrogen) atoms. The lowest BCUT2D eigenvalue weighted by molar-refractivity contribution is -0.117. The fourth-order valence-electron chi connectivity index (χ4n) is 1.88. The van der Waals surface area contributed by atoms with Crippen molar-refractivity contribution in [1.29, 1.82) is 5.41 Å². The van der Waals surface area contributed by atoms with Crippen LogP contribution in [0.1, 0.15) is 5.56 Å². The molecule has 0 aliphatic carbocycles. The lowest BCUT2D eigenvalue weighted by Gasteiger charge is -2.18. The molecule has 0 aromatic heterocycles. The van der Waals surface area contributed by atoms with Gasteiger partial charge in [-0.3, -0.25) is 4.79 Å². The van der Waals surface area contributed by atoms with E-state index in [1.54, 1.807) is 4.72 Å². The molecule has 112 valence electrons. The van der Waals surface area contributed by atoms with E-state index in [1.165, 1.54) is 0 Å². The first kappa shape index (κ1) is 14.8.